The molecule has 0 fully saturated rings. The summed E-state index contributed by atoms with van der Waals surface area (Å²) in [4.78, 5) is 15.2. The topological polar surface area (TPSA) is 80.3 Å². The number of aromatic hydroxyl groups is 1. The Balaban J connectivity index is 1.55. The number of rotatable bonds is 4. The van der Waals surface area contributed by atoms with Crippen molar-refractivity contribution in [2.45, 2.75) is 12.7 Å². The van der Waals surface area contributed by atoms with Gasteiger partial charge >= 0.3 is 0 Å². The number of fused-ring (bicyclic) bond motifs is 2. The van der Waals surface area contributed by atoms with Crippen molar-refractivity contribution < 1.29 is 24.1 Å². The summed E-state index contributed by atoms with van der Waals surface area (Å²) in [5, 5.41) is 13.4. The molecule has 0 saturated carbocycles. The third-order valence-corrected chi connectivity index (χ3v) is 5.33. The largest absolute Gasteiger partial charge is 0.504 e. The molecule has 2 heterocycles. The highest BCUT2D eigenvalue weighted by atomic mass is 16.7. The Morgan fingerprint density at radius 2 is 1.93 bits per heavy atom. The van der Waals surface area contributed by atoms with Gasteiger partial charge in [0.2, 0.25) is 6.79 Å². The number of hydrogen-bond acceptors (Lipinski definition) is 6. The zero-order valence-electron chi connectivity index (χ0n) is 16.3. The fourth-order valence-corrected chi connectivity index (χ4v) is 3.82. The summed E-state index contributed by atoms with van der Waals surface area (Å²) >= 11 is 0. The van der Waals surface area contributed by atoms with Gasteiger partial charge in [0.25, 0.3) is 5.91 Å². The van der Waals surface area contributed by atoms with E-state index >= 15 is 0 Å². The molecule has 3 aromatic rings. The van der Waals surface area contributed by atoms with Gasteiger partial charge in [-0.05, 0) is 47.5 Å². The minimum atomic E-state index is -0.438. The molecule has 0 radical (unpaired) electrons. The molecule has 2 aliphatic rings. The number of benzene rings is 3. The van der Waals surface area contributed by atoms with E-state index in [2.05, 4.69) is 5.32 Å². The summed E-state index contributed by atoms with van der Waals surface area (Å²) < 4.78 is 16.1. The molecular formula is C23H20N2O5. The van der Waals surface area contributed by atoms with Crippen LogP contribution in [0, 0.1) is 0 Å². The quantitative estimate of drug-likeness (QED) is 0.687. The Morgan fingerprint density at radius 3 is 2.80 bits per heavy atom. The van der Waals surface area contributed by atoms with Crippen LogP contribution in [0.5, 0.6) is 23.0 Å². The van der Waals surface area contributed by atoms with Gasteiger partial charge in [0.1, 0.15) is 6.17 Å². The summed E-state index contributed by atoms with van der Waals surface area (Å²) in [5.74, 6) is 1.69. The standard InChI is InChI=1S/C23H20N2O5/c1-28-20-11-15(7-8-18(20)26)22-24-17-5-3-2-4-16(17)23(27)25(22)12-14-6-9-19-21(10-14)30-13-29-19/h2-11,22,24,26H,12-13H2,1H3. The zero-order valence-corrected chi connectivity index (χ0v) is 16.3. The van der Waals surface area contributed by atoms with E-state index in [1.165, 1.54) is 7.11 Å². The molecule has 0 bridgehead atoms. The number of anilines is 1. The Bertz CT molecular complexity index is 1130. The van der Waals surface area contributed by atoms with Crippen molar-refractivity contribution in [1.82, 2.24) is 4.90 Å². The van der Waals surface area contributed by atoms with Crippen LogP contribution >= 0.6 is 0 Å². The van der Waals surface area contributed by atoms with Crippen molar-refractivity contribution in [1.29, 1.82) is 0 Å². The lowest BCUT2D eigenvalue weighted by molar-refractivity contribution is 0.0666. The third-order valence-electron chi connectivity index (χ3n) is 5.33. The number of hydrogen-bond donors (Lipinski definition) is 2. The van der Waals surface area contributed by atoms with E-state index in [0.717, 1.165) is 16.8 Å². The second kappa shape index (κ2) is 7.18. The molecule has 0 aliphatic carbocycles. The molecule has 7 nitrogen and oxygen atoms in total. The molecule has 7 heteroatoms. The molecule has 1 atom stereocenters. The van der Waals surface area contributed by atoms with Crippen LogP contribution in [0.2, 0.25) is 0 Å². The molecular weight excluding hydrogens is 384 g/mol. The summed E-state index contributed by atoms with van der Waals surface area (Å²) in [5.41, 5.74) is 3.10. The van der Waals surface area contributed by atoms with Gasteiger partial charge in [0.15, 0.2) is 23.0 Å². The number of amides is 1. The molecule has 5 rings (SSSR count). The molecule has 0 aromatic heterocycles. The molecule has 2 aliphatic heterocycles. The maximum Gasteiger partial charge on any atom is 0.258 e. The summed E-state index contributed by atoms with van der Waals surface area (Å²) in [6.45, 7) is 0.566. The lowest BCUT2D eigenvalue weighted by Gasteiger charge is -2.38. The number of phenols is 1. The molecule has 1 amide bonds. The van der Waals surface area contributed by atoms with Gasteiger partial charge in [-0.2, -0.15) is 0 Å². The van der Waals surface area contributed by atoms with E-state index in [9.17, 15) is 9.90 Å². The van der Waals surface area contributed by atoms with Crippen molar-refractivity contribution in [3.63, 3.8) is 0 Å². The predicted molar refractivity (Wildman–Crippen MR) is 110 cm³/mol. The van der Waals surface area contributed by atoms with Crippen LogP contribution in [0.15, 0.2) is 60.7 Å². The number of carbonyl (C=O) groups excluding carboxylic acids is 1. The molecule has 2 N–H and O–H groups in total. The van der Waals surface area contributed by atoms with E-state index in [1.807, 2.05) is 42.5 Å². The van der Waals surface area contributed by atoms with Gasteiger partial charge in [0.05, 0.1) is 12.7 Å². The molecule has 0 saturated heterocycles. The highest BCUT2D eigenvalue weighted by Crippen LogP contribution is 2.38. The Hall–Kier alpha value is -3.87. The van der Waals surface area contributed by atoms with Crippen LogP contribution in [0.4, 0.5) is 5.69 Å². The van der Waals surface area contributed by atoms with Gasteiger partial charge in [-0.3, -0.25) is 4.79 Å². The summed E-state index contributed by atoms with van der Waals surface area (Å²) in [6.07, 6.45) is -0.438. The zero-order chi connectivity index (χ0) is 20.7. The molecule has 30 heavy (non-hydrogen) atoms. The minimum Gasteiger partial charge on any atom is -0.504 e. The number of para-hydroxylation sites is 1. The second-order valence-corrected chi connectivity index (χ2v) is 7.14. The van der Waals surface area contributed by atoms with Crippen LogP contribution < -0.4 is 19.5 Å². The maximum atomic E-state index is 13.4. The Labute approximate surface area is 173 Å². The Kier molecular flexibility index (Phi) is 4.35. The number of methoxy groups -OCH3 is 1. The van der Waals surface area contributed by atoms with Crippen molar-refractivity contribution in [2.24, 2.45) is 0 Å². The van der Waals surface area contributed by atoms with Crippen LogP contribution in [0.3, 0.4) is 0 Å². The first-order chi connectivity index (χ1) is 14.6. The highest BCUT2D eigenvalue weighted by Gasteiger charge is 2.33. The third kappa shape index (κ3) is 3.04. The van der Waals surface area contributed by atoms with Crippen molar-refractivity contribution in [3.8, 4) is 23.0 Å². The van der Waals surface area contributed by atoms with Gasteiger partial charge < -0.3 is 29.5 Å². The summed E-state index contributed by atoms with van der Waals surface area (Å²) in [6, 6.07) is 18.2. The van der Waals surface area contributed by atoms with E-state index in [4.69, 9.17) is 14.2 Å². The SMILES string of the molecule is COc1cc(C2Nc3ccccc3C(=O)N2Cc2ccc3c(c2)OCO3)ccc1O. The number of nitrogens with one attached hydrogen (secondary N) is 1. The van der Waals surface area contributed by atoms with Gasteiger partial charge in [-0.25, -0.2) is 0 Å². The number of carbonyl (C=O) groups is 1. The van der Waals surface area contributed by atoms with Crippen molar-refractivity contribution in [3.05, 3.63) is 77.4 Å². The van der Waals surface area contributed by atoms with Crippen LogP contribution in [0.25, 0.3) is 0 Å². The average Bonchev–Trinajstić information content (AvgIpc) is 3.24. The normalized spacial score (nSPS) is 16.8. The van der Waals surface area contributed by atoms with Gasteiger partial charge in [0, 0.05) is 12.2 Å². The lowest BCUT2D eigenvalue weighted by atomic mass is 10.0. The number of ether oxygens (including phenoxy) is 3. The first-order valence-corrected chi connectivity index (χ1v) is 9.56. The van der Waals surface area contributed by atoms with E-state index in [1.54, 1.807) is 23.1 Å². The minimum absolute atomic E-state index is 0.0473. The number of phenolic OH excluding ortho intramolecular Hbond substituents is 1. The second-order valence-electron chi connectivity index (χ2n) is 7.14. The highest BCUT2D eigenvalue weighted by molar-refractivity contribution is 6.01. The Morgan fingerprint density at radius 1 is 1.10 bits per heavy atom. The van der Waals surface area contributed by atoms with E-state index in [0.29, 0.717) is 29.4 Å². The molecule has 1 unspecified atom stereocenters. The van der Waals surface area contributed by atoms with Gasteiger partial charge in [-0.15, -0.1) is 0 Å². The van der Waals surface area contributed by atoms with Crippen molar-refractivity contribution >= 4 is 11.6 Å². The van der Waals surface area contributed by atoms with Crippen LogP contribution in [-0.4, -0.2) is 29.8 Å². The fraction of sp³-hybridized carbons (Fsp3) is 0.174. The van der Waals surface area contributed by atoms with Gasteiger partial charge in [-0.1, -0.05) is 24.3 Å². The maximum absolute atomic E-state index is 13.4. The van der Waals surface area contributed by atoms with Crippen LogP contribution in [-0.2, 0) is 6.54 Å². The summed E-state index contributed by atoms with van der Waals surface area (Å²) in [7, 11) is 1.50. The van der Waals surface area contributed by atoms with Crippen molar-refractivity contribution in [2.75, 3.05) is 19.2 Å². The molecule has 3 aromatic carbocycles. The smallest absolute Gasteiger partial charge is 0.258 e. The van der Waals surface area contributed by atoms with E-state index < -0.39 is 6.17 Å². The van der Waals surface area contributed by atoms with Crippen LogP contribution in [0.1, 0.15) is 27.7 Å². The predicted octanol–water partition coefficient (Wildman–Crippen LogP) is 3.90. The molecule has 0 spiro atoms. The first kappa shape index (κ1) is 18.2. The molecule has 152 valence electrons. The van der Waals surface area contributed by atoms with E-state index in [-0.39, 0.29) is 18.4 Å². The monoisotopic (exact) mass is 404 g/mol. The lowest BCUT2D eigenvalue weighted by Crippen LogP contribution is -2.42. The number of nitrogens with zero attached hydrogens (tertiary/aromatic N) is 1. The first-order valence-electron chi connectivity index (χ1n) is 9.56. The fourth-order valence-electron chi connectivity index (χ4n) is 3.82. The average molecular weight is 404 g/mol.